The smallest absolute Gasteiger partial charge is 0.224 e. The number of piperidine rings is 1. The maximum atomic E-state index is 12.4. The maximum Gasteiger partial charge on any atom is 0.224 e. The Morgan fingerprint density at radius 3 is 2.48 bits per heavy atom. The number of carbonyl (C=O) groups excluding carboxylic acids is 2. The lowest BCUT2D eigenvalue weighted by atomic mass is 9.95. The molecule has 0 aromatic heterocycles. The fourth-order valence-electron chi connectivity index (χ4n) is 4.02. The summed E-state index contributed by atoms with van der Waals surface area (Å²) < 4.78 is 0. The largest absolute Gasteiger partial charge is 0.370 e. The Morgan fingerprint density at radius 1 is 1.12 bits per heavy atom. The summed E-state index contributed by atoms with van der Waals surface area (Å²) in [4.78, 5) is 26.0. The van der Waals surface area contributed by atoms with Crippen LogP contribution in [0.2, 0.25) is 0 Å². The van der Waals surface area contributed by atoms with Crippen LogP contribution in [0.3, 0.4) is 0 Å². The van der Waals surface area contributed by atoms with Crippen molar-refractivity contribution in [2.45, 2.75) is 44.6 Å². The molecule has 5 N–H and O–H groups in total. The molecule has 2 atom stereocenters. The average Bonchev–Trinajstić information content (AvgIpc) is 3.00. The van der Waals surface area contributed by atoms with Crippen LogP contribution in [-0.4, -0.2) is 30.9 Å². The van der Waals surface area contributed by atoms with Gasteiger partial charge in [-0.05, 0) is 43.7 Å². The number of nitrogens with one attached hydrogen (secondary N) is 1. The Morgan fingerprint density at radius 2 is 1.84 bits per heavy atom. The third-order valence-corrected chi connectivity index (χ3v) is 5.58. The zero-order chi connectivity index (χ0) is 17.8. The van der Waals surface area contributed by atoms with Crippen molar-refractivity contribution in [1.82, 2.24) is 0 Å². The average molecular weight is 344 g/mol. The van der Waals surface area contributed by atoms with E-state index < -0.39 is 0 Å². The number of benzene rings is 1. The molecule has 1 aliphatic heterocycles. The number of primary amides is 1. The number of amides is 2. The maximum absolute atomic E-state index is 12.4. The Hall–Kier alpha value is -2.08. The molecule has 2 aliphatic rings. The van der Waals surface area contributed by atoms with E-state index in [1.807, 2.05) is 24.3 Å². The second-order valence-electron chi connectivity index (χ2n) is 7.29. The van der Waals surface area contributed by atoms with E-state index in [9.17, 15) is 9.59 Å². The first-order valence-electron chi connectivity index (χ1n) is 9.23. The van der Waals surface area contributed by atoms with E-state index in [2.05, 4.69) is 10.2 Å². The molecular weight excluding hydrogens is 316 g/mol. The Balaban J connectivity index is 1.63. The fourth-order valence-corrected chi connectivity index (χ4v) is 4.02. The second-order valence-corrected chi connectivity index (χ2v) is 7.29. The van der Waals surface area contributed by atoms with Crippen LogP contribution in [0.25, 0.3) is 0 Å². The summed E-state index contributed by atoms with van der Waals surface area (Å²) in [5.74, 6) is 0.0660. The lowest BCUT2D eigenvalue weighted by Gasteiger charge is -2.33. The van der Waals surface area contributed by atoms with Crippen molar-refractivity contribution in [3.63, 3.8) is 0 Å². The van der Waals surface area contributed by atoms with Crippen LogP contribution in [0.15, 0.2) is 24.3 Å². The summed E-state index contributed by atoms with van der Waals surface area (Å²) in [5, 5.41) is 3.06. The van der Waals surface area contributed by atoms with Crippen molar-refractivity contribution < 1.29 is 9.59 Å². The van der Waals surface area contributed by atoms with E-state index in [0.717, 1.165) is 56.6 Å². The van der Waals surface area contributed by atoms with E-state index in [0.29, 0.717) is 12.3 Å². The molecule has 0 radical (unpaired) electrons. The van der Waals surface area contributed by atoms with Crippen molar-refractivity contribution in [1.29, 1.82) is 0 Å². The minimum absolute atomic E-state index is 0.0295. The Bertz CT molecular complexity index is 626. The second kappa shape index (κ2) is 7.87. The highest BCUT2D eigenvalue weighted by atomic mass is 16.2. The van der Waals surface area contributed by atoms with Gasteiger partial charge in [0.1, 0.15) is 0 Å². The molecule has 1 aliphatic carbocycles. The van der Waals surface area contributed by atoms with Gasteiger partial charge >= 0.3 is 0 Å². The van der Waals surface area contributed by atoms with Crippen LogP contribution in [0, 0.1) is 11.8 Å². The zero-order valence-corrected chi connectivity index (χ0v) is 14.6. The molecule has 6 nitrogen and oxygen atoms in total. The molecule has 1 saturated heterocycles. The van der Waals surface area contributed by atoms with Gasteiger partial charge in [-0.15, -0.1) is 0 Å². The minimum Gasteiger partial charge on any atom is -0.370 e. The molecule has 136 valence electrons. The van der Waals surface area contributed by atoms with Crippen LogP contribution in [0.5, 0.6) is 0 Å². The third kappa shape index (κ3) is 4.31. The first-order valence-corrected chi connectivity index (χ1v) is 9.23. The minimum atomic E-state index is -0.214. The van der Waals surface area contributed by atoms with E-state index in [1.54, 1.807) is 0 Å². The number of para-hydroxylation sites is 2. The van der Waals surface area contributed by atoms with Gasteiger partial charge < -0.3 is 21.7 Å². The molecule has 1 saturated carbocycles. The highest BCUT2D eigenvalue weighted by Gasteiger charge is 2.27. The molecule has 0 bridgehead atoms. The molecule has 25 heavy (non-hydrogen) atoms. The number of rotatable bonds is 5. The van der Waals surface area contributed by atoms with Crippen molar-refractivity contribution in [3.05, 3.63) is 24.3 Å². The normalized spacial score (nSPS) is 24.3. The van der Waals surface area contributed by atoms with E-state index in [-0.39, 0.29) is 23.8 Å². The predicted octanol–water partition coefficient (Wildman–Crippen LogP) is 1.84. The van der Waals surface area contributed by atoms with Crippen molar-refractivity contribution >= 4 is 23.2 Å². The molecule has 0 unspecified atom stereocenters. The Labute approximate surface area is 148 Å². The van der Waals surface area contributed by atoms with Crippen LogP contribution in [-0.2, 0) is 9.59 Å². The quantitative estimate of drug-likeness (QED) is 0.758. The predicted molar refractivity (Wildman–Crippen MR) is 99.1 cm³/mol. The van der Waals surface area contributed by atoms with E-state index >= 15 is 0 Å². The summed E-state index contributed by atoms with van der Waals surface area (Å²) in [5.41, 5.74) is 13.3. The molecule has 1 heterocycles. The first-order chi connectivity index (χ1) is 12.0. The van der Waals surface area contributed by atoms with Crippen LogP contribution in [0.4, 0.5) is 11.4 Å². The number of hydrogen-bond acceptors (Lipinski definition) is 4. The van der Waals surface area contributed by atoms with Gasteiger partial charge in [0.25, 0.3) is 0 Å². The van der Waals surface area contributed by atoms with Crippen LogP contribution < -0.4 is 21.7 Å². The zero-order valence-electron chi connectivity index (χ0n) is 14.6. The van der Waals surface area contributed by atoms with Gasteiger partial charge in [-0.1, -0.05) is 18.6 Å². The van der Waals surface area contributed by atoms with Gasteiger partial charge in [0.15, 0.2) is 0 Å². The molecular formula is C19H28N4O2. The van der Waals surface area contributed by atoms with Gasteiger partial charge in [0.2, 0.25) is 11.8 Å². The molecule has 3 rings (SSSR count). The number of anilines is 2. The Kier molecular flexibility index (Phi) is 5.58. The molecule has 1 aromatic rings. The van der Waals surface area contributed by atoms with Gasteiger partial charge in [-0.3, -0.25) is 9.59 Å². The monoisotopic (exact) mass is 344 g/mol. The highest BCUT2D eigenvalue weighted by Crippen LogP contribution is 2.31. The molecule has 1 aromatic carbocycles. The molecule has 2 fully saturated rings. The van der Waals surface area contributed by atoms with Crippen molar-refractivity contribution in [2.24, 2.45) is 23.3 Å². The van der Waals surface area contributed by atoms with Crippen molar-refractivity contribution in [3.8, 4) is 0 Å². The topological polar surface area (TPSA) is 101 Å². The fraction of sp³-hybridized carbons (Fsp3) is 0.579. The summed E-state index contributed by atoms with van der Waals surface area (Å²) in [6.07, 6.45) is 5.17. The van der Waals surface area contributed by atoms with Crippen LogP contribution in [0.1, 0.15) is 38.5 Å². The summed E-state index contributed by atoms with van der Waals surface area (Å²) >= 11 is 0. The van der Waals surface area contributed by atoms with Crippen LogP contribution >= 0.6 is 0 Å². The number of hydrogen-bond donors (Lipinski definition) is 3. The molecule has 2 amide bonds. The lowest BCUT2D eigenvalue weighted by molar-refractivity contribution is -0.122. The van der Waals surface area contributed by atoms with Crippen molar-refractivity contribution in [2.75, 3.05) is 23.3 Å². The third-order valence-electron chi connectivity index (χ3n) is 5.58. The van der Waals surface area contributed by atoms with Gasteiger partial charge in [-0.25, -0.2) is 0 Å². The summed E-state index contributed by atoms with van der Waals surface area (Å²) in [6, 6.07) is 7.99. The molecule has 6 heteroatoms. The van der Waals surface area contributed by atoms with E-state index in [1.165, 1.54) is 0 Å². The molecule has 0 spiro atoms. The number of carbonyl (C=O) groups is 2. The van der Waals surface area contributed by atoms with Gasteiger partial charge in [-0.2, -0.15) is 0 Å². The van der Waals surface area contributed by atoms with E-state index in [4.69, 9.17) is 11.5 Å². The number of nitrogens with zero attached hydrogens (tertiary/aromatic N) is 1. The summed E-state index contributed by atoms with van der Waals surface area (Å²) in [6.45, 7) is 1.54. The highest BCUT2D eigenvalue weighted by molar-refractivity contribution is 5.94. The SMILES string of the molecule is NC(=O)C1CCN(c2ccccc2NC(=O)C[C@@H]2CCC[C@H]2N)CC1. The lowest BCUT2D eigenvalue weighted by Crippen LogP contribution is -2.39. The van der Waals surface area contributed by atoms with Gasteiger partial charge in [0, 0.05) is 31.5 Å². The first kappa shape index (κ1) is 17.7. The van der Waals surface area contributed by atoms with Gasteiger partial charge in [0.05, 0.1) is 11.4 Å². The summed E-state index contributed by atoms with van der Waals surface area (Å²) in [7, 11) is 0. The number of nitrogens with two attached hydrogens (primary N) is 2. The standard InChI is InChI=1S/C19H28N4O2/c20-15-5-3-4-14(15)12-18(24)22-16-6-1-2-7-17(16)23-10-8-13(9-11-23)19(21)25/h1-2,6-7,13-15H,3-5,8-12,20H2,(H2,21,25)(H,22,24)/t14-,15+/m0/s1.